The van der Waals surface area contributed by atoms with Crippen LogP contribution in [0.25, 0.3) is 10.9 Å². The Morgan fingerprint density at radius 1 is 1.00 bits per heavy atom. The van der Waals surface area contributed by atoms with Gasteiger partial charge in [-0.3, -0.25) is 0 Å². The van der Waals surface area contributed by atoms with Crippen molar-refractivity contribution in [1.82, 2.24) is 10.3 Å². The van der Waals surface area contributed by atoms with Crippen LogP contribution in [0.15, 0.2) is 54.6 Å². The monoisotopic (exact) mass is 472 g/mol. The van der Waals surface area contributed by atoms with Crippen LogP contribution in [0.5, 0.6) is 5.75 Å². The van der Waals surface area contributed by atoms with Crippen molar-refractivity contribution in [1.29, 1.82) is 0 Å². The number of alkyl halides is 3. The predicted molar refractivity (Wildman–Crippen MR) is 130 cm³/mol. The second kappa shape index (κ2) is 10.5. The van der Waals surface area contributed by atoms with Crippen LogP contribution in [0.1, 0.15) is 31.2 Å². The Bertz CT molecular complexity index is 1090. The van der Waals surface area contributed by atoms with Gasteiger partial charge in [-0.05, 0) is 50.3 Å². The Morgan fingerprint density at radius 2 is 1.71 bits per heavy atom. The van der Waals surface area contributed by atoms with Crippen molar-refractivity contribution in [2.24, 2.45) is 5.92 Å². The minimum atomic E-state index is -4.69. The molecule has 1 saturated carbocycles. The first-order valence-corrected chi connectivity index (χ1v) is 11.7. The molecule has 0 aliphatic heterocycles. The van der Waals surface area contributed by atoms with E-state index >= 15 is 0 Å². The topological polar surface area (TPSA) is 49.4 Å². The maximum atomic E-state index is 12.6. The van der Waals surface area contributed by atoms with Gasteiger partial charge in [0.15, 0.2) is 0 Å². The molecular weight excluding hydrogens is 441 g/mol. The summed E-state index contributed by atoms with van der Waals surface area (Å²) in [6.45, 7) is 1.12. The molecule has 1 aliphatic rings. The number of nitrogens with zero attached hydrogens (tertiary/aromatic N) is 2. The molecule has 1 aromatic heterocycles. The number of nitrogens with one attached hydrogen (secondary N) is 2. The molecule has 4 rings (SSSR count). The van der Waals surface area contributed by atoms with E-state index in [4.69, 9.17) is 4.98 Å². The number of rotatable bonds is 8. The third-order valence-electron chi connectivity index (χ3n) is 6.32. The Kier molecular flexibility index (Phi) is 7.46. The summed E-state index contributed by atoms with van der Waals surface area (Å²) in [7, 11) is 4.08. The molecule has 0 unspecified atom stereocenters. The highest BCUT2D eigenvalue weighted by atomic mass is 19.4. The molecule has 0 radical (unpaired) electrons. The Hall–Kier alpha value is -3.00. The highest BCUT2D eigenvalue weighted by Crippen LogP contribution is 2.31. The minimum absolute atomic E-state index is 0.143. The quantitative estimate of drug-likeness (QED) is 0.424. The van der Waals surface area contributed by atoms with E-state index in [0.29, 0.717) is 24.1 Å². The van der Waals surface area contributed by atoms with Gasteiger partial charge in [-0.1, -0.05) is 36.4 Å². The number of para-hydroxylation sites is 2. The van der Waals surface area contributed by atoms with Crippen LogP contribution in [-0.2, 0) is 6.54 Å². The maximum Gasteiger partial charge on any atom is 0.573 e. The van der Waals surface area contributed by atoms with Gasteiger partial charge in [0.05, 0.1) is 5.52 Å². The van der Waals surface area contributed by atoms with Gasteiger partial charge in [-0.15, -0.1) is 13.2 Å². The van der Waals surface area contributed by atoms with E-state index in [1.807, 2.05) is 32.3 Å². The minimum Gasteiger partial charge on any atom is -0.405 e. The van der Waals surface area contributed by atoms with Gasteiger partial charge in [0.2, 0.25) is 0 Å². The fourth-order valence-electron chi connectivity index (χ4n) is 4.61. The first kappa shape index (κ1) is 24.1. The molecule has 1 fully saturated rings. The normalized spacial score (nSPS) is 18.6. The van der Waals surface area contributed by atoms with Gasteiger partial charge in [0.1, 0.15) is 11.6 Å². The molecule has 5 nitrogen and oxygen atoms in total. The predicted octanol–water partition coefficient (Wildman–Crippen LogP) is 5.96. The average molecular weight is 473 g/mol. The summed E-state index contributed by atoms with van der Waals surface area (Å²) in [6.07, 6.45) is -0.508. The molecule has 1 aliphatic carbocycles. The van der Waals surface area contributed by atoms with Crippen molar-refractivity contribution in [3.8, 4) is 5.75 Å². The largest absolute Gasteiger partial charge is 0.573 e. The lowest BCUT2D eigenvalue weighted by Gasteiger charge is -2.30. The molecule has 0 spiro atoms. The van der Waals surface area contributed by atoms with Gasteiger partial charge in [0, 0.05) is 49.4 Å². The van der Waals surface area contributed by atoms with Crippen molar-refractivity contribution in [3.63, 3.8) is 0 Å². The van der Waals surface area contributed by atoms with E-state index in [0.717, 1.165) is 54.6 Å². The lowest BCUT2D eigenvalue weighted by molar-refractivity contribution is -0.274. The maximum absolute atomic E-state index is 12.6. The van der Waals surface area contributed by atoms with Crippen molar-refractivity contribution >= 4 is 22.4 Å². The third kappa shape index (κ3) is 6.32. The highest BCUT2D eigenvalue weighted by Gasteiger charge is 2.32. The van der Waals surface area contributed by atoms with Crippen molar-refractivity contribution in [2.75, 3.05) is 30.9 Å². The van der Waals surface area contributed by atoms with E-state index in [1.165, 1.54) is 6.07 Å². The molecule has 0 atom stereocenters. The van der Waals surface area contributed by atoms with Crippen LogP contribution in [-0.4, -0.2) is 38.0 Å². The summed E-state index contributed by atoms with van der Waals surface area (Å²) in [4.78, 5) is 6.91. The lowest BCUT2D eigenvalue weighted by atomic mass is 9.86. The molecule has 3 aromatic rings. The van der Waals surface area contributed by atoms with Gasteiger partial charge >= 0.3 is 6.36 Å². The summed E-state index contributed by atoms with van der Waals surface area (Å²) >= 11 is 0. The molecule has 182 valence electrons. The number of hydrogen-bond acceptors (Lipinski definition) is 5. The number of halogens is 3. The van der Waals surface area contributed by atoms with Crippen LogP contribution >= 0.6 is 0 Å². The molecule has 2 N–H and O–H groups in total. The smallest absolute Gasteiger partial charge is 0.405 e. The number of benzene rings is 2. The first-order chi connectivity index (χ1) is 16.3. The van der Waals surface area contributed by atoms with Gasteiger partial charge in [-0.2, -0.15) is 0 Å². The molecule has 0 amide bonds. The summed E-state index contributed by atoms with van der Waals surface area (Å²) in [5, 5.41) is 8.07. The first-order valence-electron chi connectivity index (χ1n) is 11.7. The zero-order valence-corrected chi connectivity index (χ0v) is 19.5. The molecular formula is C26H31F3N4O. The van der Waals surface area contributed by atoms with Crippen LogP contribution in [0.4, 0.5) is 24.7 Å². The summed E-state index contributed by atoms with van der Waals surface area (Å²) in [5.74, 6) is 1.25. The fraction of sp³-hybridized carbons (Fsp3) is 0.423. The van der Waals surface area contributed by atoms with Crippen LogP contribution in [0.2, 0.25) is 0 Å². The molecule has 34 heavy (non-hydrogen) atoms. The Balaban J connectivity index is 1.28. The Labute approximate surface area is 198 Å². The van der Waals surface area contributed by atoms with Crippen LogP contribution in [0.3, 0.4) is 0 Å². The molecule has 8 heteroatoms. The highest BCUT2D eigenvalue weighted by molar-refractivity contribution is 5.93. The lowest BCUT2D eigenvalue weighted by Crippen LogP contribution is -2.31. The summed E-state index contributed by atoms with van der Waals surface area (Å²) in [6, 6.07) is 16.9. The SMILES string of the molecule is CN(C)c1cc(N[C@H]2CC[C@@H](CNCc3ccccc3OC(F)(F)F)CC2)nc2ccccc12. The Morgan fingerprint density at radius 3 is 2.44 bits per heavy atom. The third-order valence-corrected chi connectivity index (χ3v) is 6.32. The van der Waals surface area contributed by atoms with E-state index < -0.39 is 6.36 Å². The number of ether oxygens (including phenoxy) is 1. The summed E-state index contributed by atoms with van der Waals surface area (Å²) in [5.41, 5.74) is 2.62. The standard InChI is InChI=1S/C26H31F3N4O/c1-33(2)23-15-25(32-22-9-5-4-8-21(22)23)31-20-13-11-18(12-14-20)16-30-17-19-7-3-6-10-24(19)34-26(27,28)29/h3-10,15,18,20,30H,11-14,16-17H2,1-2H3,(H,31,32)/t18-,20+. The van der Waals surface area contributed by atoms with Gasteiger partial charge < -0.3 is 20.3 Å². The summed E-state index contributed by atoms with van der Waals surface area (Å²) < 4.78 is 42.0. The van der Waals surface area contributed by atoms with E-state index in [1.54, 1.807) is 18.2 Å². The zero-order chi connectivity index (χ0) is 24.1. The van der Waals surface area contributed by atoms with Crippen molar-refractivity contribution in [2.45, 2.75) is 44.6 Å². The van der Waals surface area contributed by atoms with Crippen LogP contribution in [0, 0.1) is 5.92 Å². The van der Waals surface area contributed by atoms with Crippen molar-refractivity contribution < 1.29 is 17.9 Å². The second-order valence-corrected chi connectivity index (χ2v) is 9.09. The fourth-order valence-corrected chi connectivity index (χ4v) is 4.61. The number of fused-ring (bicyclic) bond motifs is 1. The molecule has 2 aromatic carbocycles. The number of aromatic nitrogens is 1. The number of anilines is 2. The van der Waals surface area contributed by atoms with E-state index in [2.05, 4.69) is 32.4 Å². The molecule has 1 heterocycles. The number of hydrogen-bond donors (Lipinski definition) is 2. The van der Waals surface area contributed by atoms with E-state index in [-0.39, 0.29) is 5.75 Å². The van der Waals surface area contributed by atoms with Gasteiger partial charge in [-0.25, -0.2) is 4.98 Å². The molecule has 0 bridgehead atoms. The van der Waals surface area contributed by atoms with Gasteiger partial charge in [0.25, 0.3) is 0 Å². The van der Waals surface area contributed by atoms with E-state index in [9.17, 15) is 13.2 Å². The van der Waals surface area contributed by atoms with Crippen molar-refractivity contribution in [3.05, 3.63) is 60.2 Å². The second-order valence-electron chi connectivity index (χ2n) is 9.09. The molecule has 0 saturated heterocycles. The average Bonchev–Trinajstić information content (AvgIpc) is 2.80. The zero-order valence-electron chi connectivity index (χ0n) is 19.5. The number of pyridine rings is 1. The van der Waals surface area contributed by atoms with Crippen LogP contribution < -0.4 is 20.3 Å².